The lowest BCUT2D eigenvalue weighted by molar-refractivity contribution is 0.671. The van der Waals surface area contributed by atoms with Gasteiger partial charge in [-0.1, -0.05) is 85.2 Å². The molecule has 0 N–H and O–H groups in total. The molecular formula is C29H24S6. The molecule has 0 atom stereocenters. The van der Waals surface area contributed by atoms with Gasteiger partial charge in [-0.25, -0.2) is 0 Å². The largest absolute Gasteiger partial charge is 0.140 e. The third-order valence-electron chi connectivity index (χ3n) is 6.30. The third-order valence-corrected chi connectivity index (χ3v) is 14.9. The molecule has 2 aliphatic rings. The molecule has 0 saturated heterocycles. The Hall–Kier alpha value is -1.28. The van der Waals surface area contributed by atoms with Crippen LogP contribution in [0.1, 0.15) is 47.2 Å². The molecule has 4 heterocycles. The van der Waals surface area contributed by atoms with E-state index in [1.54, 1.807) is 0 Å². The highest BCUT2D eigenvalue weighted by molar-refractivity contribution is 8.25. The zero-order valence-electron chi connectivity index (χ0n) is 19.9. The molecule has 2 aliphatic heterocycles. The van der Waals surface area contributed by atoms with Crippen LogP contribution in [0, 0.1) is 0 Å². The van der Waals surface area contributed by atoms with Gasteiger partial charge in [0.15, 0.2) is 0 Å². The number of allylic oxidation sites excluding steroid dienone is 2. The monoisotopic (exact) mass is 564 g/mol. The Morgan fingerprint density at radius 2 is 0.857 bits per heavy atom. The van der Waals surface area contributed by atoms with E-state index >= 15 is 0 Å². The third kappa shape index (κ3) is 4.51. The van der Waals surface area contributed by atoms with Crippen molar-refractivity contribution in [2.75, 3.05) is 0 Å². The Labute approximate surface area is 232 Å². The molecule has 0 aliphatic carbocycles. The van der Waals surface area contributed by atoms with E-state index in [1.165, 1.54) is 58.7 Å². The summed E-state index contributed by atoms with van der Waals surface area (Å²) in [5.74, 6) is 0. The van der Waals surface area contributed by atoms with Crippen LogP contribution in [0.5, 0.6) is 0 Å². The number of thiophene rings is 2. The van der Waals surface area contributed by atoms with Gasteiger partial charge in [0.2, 0.25) is 0 Å². The van der Waals surface area contributed by atoms with Crippen molar-refractivity contribution in [3.05, 3.63) is 101 Å². The lowest BCUT2D eigenvalue weighted by Crippen LogP contribution is -2.15. The Morgan fingerprint density at radius 3 is 1.20 bits per heavy atom. The second-order valence-electron chi connectivity index (χ2n) is 9.08. The Morgan fingerprint density at radius 1 is 0.514 bits per heavy atom. The van der Waals surface area contributed by atoms with Crippen molar-refractivity contribution in [2.24, 2.45) is 0 Å². The first-order valence-corrected chi connectivity index (χ1v) is 16.3. The number of thioether (sulfide) groups is 4. The van der Waals surface area contributed by atoms with Crippen LogP contribution in [-0.4, -0.2) is 0 Å². The van der Waals surface area contributed by atoms with Gasteiger partial charge in [-0.15, -0.1) is 22.7 Å². The standard InChI is InChI=1S/C29H24S6/c1-17(27-32-21-9-5-6-10-22(21)33-27)19-13-15-25(30-19)29(3,4)26-16-14-20(31-26)18(2)28-34-23-11-7-8-12-24(23)35-28/h5-16H,1-4H3. The van der Waals surface area contributed by atoms with Gasteiger partial charge in [-0.3, -0.25) is 0 Å². The van der Waals surface area contributed by atoms with Crippen molar-refractivity contribution < 1.29 is 0 Å². The van der Waals surface area contributed by atoms with Crippen LogP contribution in [0.3, 0.4) is 0 Å². The minimum atomic E-state index is -0.0143. The van der Waals surface area contributed by atoms with Gasteiger partial charge in [0.1, 0.15) is 0 Å². The maximum Gasteiger partial charge on any atom is 0.0542 e. The molecule has 176 valence electrons. The van der Waals surface area contributed by atoms with E-state index < -0.39 is 0 Å². The summed E-state index contributed by atoms with van der Waals surface area (Å²) in [7, 11) is 0. The summed E-state index contributed by atoms with van der Waals surface area (Å²) in [5.41, 5.74) is 2.77. The van der Waals surface area contributed by atoms with Crippen LogP contribution in [-0.2, 0) is 5.41 Å². The number of hydrogen-bond acceptors (Lipinski definition) is 6. The van der Waals surface area contributed by atoms with Crippen LogP contribution in [0.25, 0.3) is 11.1 Å². The lowest BCUT2D eigenvalue weighted by atomic mass is 9.89. The highest BCUT2D eigenvalue weighted by Gasteiger charge is 2.29. The van der Waals surface area contributed by atoms with Gasteiger partial charge in [0.05, 0.1) is 8.47 Å². The Kier molecular flexibility index (Phi) is 6.57. The first-order chi connectivity index (χ1) is 16.9. The van der Waals surface area contributed by atoms with E-state index in [4.69, 9.17) is 0 Å². The average Bonchev–Trinajstić information content (AvgIpc) is 3.67. The van der Waals surface area contributed by atoms with E-state index in [9.17, 15) is 0 Å². The highest BCUT2D eigenvalue weighted by Crippen LogP contribution is 2.55. The number of fused-ring (bicyclic) bond motifs is 2. The first-order valence-electron chi connectivity index (χ1n) is 11.4. The molecule has 0 spiro atoms. The molecule has 4 aromatic rings. The van der Waals surface area contributed by atoms with Crippen LogP contribution >= 0.6 is 69.7 Å². The average molecular weight is 565 g/mol. The molecule has 0 fully saturated rings. The van der Waals surface area contributed by atoms with Crippen LogP contribution < -0.4 is 0 Å². The predicted molar refractivity (Wildman–Crippen MR) is 162 cm³/mol. The van der Waals surface area contributed by atoms with Crippen LogP contribution in [0.4, 0.5) is 0 Å². The summed E-state index contributed by atoms with van der Waals surface area (Å²) in [6, 6.07) is 26.7. The quantitative estimate of drug-likeness (QED) is 0.242. The van der Waals surface area contributed by atoms with Gasteiger partial charge >= 0.3 is 0 Å². The maximum absolute atomic E-state index is 2.37. The fourth-order valence-corrected chi connectivity index (χ4v) is 11.7. The van der Waals surface area contributed by atoms with Gasteiger partial charge in [-0.2, -0.15) is 0 Å². The molecule has 0 unspecified atom stereocenters. The molecule has 6 rings (SSSR count). The molecule has 2 aromatic heterocycles. The summed E-state index contributed by atoms with van der Waals surface area (Å²) in [6.07, 6.45) is 0. The van der Waals surface area contributed by atoms with Gasteiger partial charge in [0.25, 0.3) is 0 Å². The van der Waals surface area contributed by atoms with E-state index in [1.807, 2.05) is 69.7 Å². The van der Waals surface area contributed by atoms with Crippen molar-refractivity contribution >= 4 is 80.9 Å². The summed E-state index contributed by atoms with van der Waals surface area (Å²) in [6.45, 7) is 9.29. The lowest BCUT2D eigenvalue weighted by Gasteiger charge is -2.21. The molecule has 35 heavy (non-hydrogen) atoms. The van der Waals surface area contributed by atoms with E-state index in [2.05, 4.69) is 100 Å². The molecule has 0 bridgehead atoms. The first kappa shape index (κ1) is 24.1. The molecular weight excluding hydrogens is 541 g/mol. The minimum absolute atomic E-state index is 0.0143. The zero-order chi connectivity index (χ0) is 24.2. The van der Waals surface area contributed by atoms with Crippen molar-refractivity contribution in [1.82, 2.24) is 0 Å². The summed E-state index contributed by atoms with van der Waals surface area (Å²) in [4.78, 5) is 11.1. The summed E-state index contributed by atoms with van der Waals surface area (Å²) >= 11 is 11.5. The fraction of sp³-hybridized carbons (Fsp3) is 0.172. The predicted octanol–water partition coefficient (Wildman–Crippen LogP) is 11.3. The summed E-state index contributed by atoms with van der Waals surface area (Å²) < 4.78 is 2.82. The van der Waals surface area contributed by atoms with Crippen molar-refractivity contribution in [3.63, 3.8) is 0 Å². The number of rotatable bonds is 4. The van der Waals surface area contributed by atoms with E-state index in [0.717, 1.165) is 0 Å². The molecule has 2 aromatic carbocycles. The van der Waals surface area contributed by atoms with Crippen LogP contribution in [0.15, 0.2) is 101 Å². The van der Waals surface area contributed by atoms with Crippen molar-refractivity contribution in [3.8, 4) is 0 Å². The van der Waals surface area contributed by atoms with E-state index in [0.29, 0.717) is 0 Å². The highest BCUT2D eigenvalue weighted by atomic mass is 32.2. The topological polar surface area (TPSA) is 0 Å². The SMILES string of the molecule is CC(=C1Sc2ccccc2S1)c1ccc(C(C)(C)c2ccc(C(C)=C3Sc4ccccc4S3)s2)s1. The van der Waals surface area contributed by atoms with Gasteiger partial charge in [0, 0.05) is 44.5 Å². The maximum atomic E-state index is 2.37. The molecule has 0 nitrogen and oxygen atoms in total. The number of benzene rings is 2. The molecule has 6 heteroatoms. The smallest absolute Gasteiger partial charge is 0.0542 e. The van der Waals surface area contributed by atoms with Crippen LogP contribution in [0.2, 0.25) is 0 Å². The van der Waals surface area contributed by atoms with Crippen molar-refractivity contribution in [1.29, 1.82) is 0 Å². The summed E-state index contributed by atoms with van der Waals surface area (Å²) in [5, 5.41) is 0. The second kappa shape index (κ2) is 9.55. The number of hydrogen-bond donors (Lipinski definition) is 0. The van der Waals surface area contributed by atoms with Gasteiger partial charge < -0.3 is 0 Å². The second-order valence-corrected chi connectivity index (χ2v) is 16.0. The fourth-order valence-electron chi connectivity index (χ4n) is 4.06. The minimum Gasteiger partial charge on any atom is -0.140 e. The molecule has 0 radical (unpaired) electrons. The Bertz CT molecular complexity index is 1330. The Balaban J connectivity index is 1.25. The van der Waals surface area contributed by atoms with Crippen molar-refractivity contribution in [2.45, 2.75) is 52.7 Å². The normalized spacial score (nSPS) is 14.9. The molecule has 0 amide bonds. The van der Waals surface area contributed by atoms with E-state index in [-0.39, 0.29) is 5.41 Å². The zero-order valence-corrected chi connectivity index (χ0v) is 24.8. The van der Waals surface area contributed by atoms with Gasteiger partial charge in [-0.05, 0) is 73.5 Å². The molecule has 0 saturated carbocycles.